The van der Waals surface area contributed by atoms with Crippen LogP contribution in [0.4, 0.5) is 0 Å². The van der Waals surface area contributed by atoms with Gasteiger partial charge in [-0.15, -0.1) is 0 Å². The molecule has 28 heavy (non-hydrogen) atoms. The fraction of sp³-hybridized carbons (Fsp3) is 0.308. The Morgan fingerprint density at radius 1 is 0.750 bits per heavy atom. The lowest BCUT2D eigenvalue weighted by atomic mass is 9.92. The summed E-state index contributed by atoms with van der Waals surface area (Å²) in [7, 11) is 0. The van der Waals surface area contributed by atoms with Crippen molar-refractivity contribution < 1.29 is 0 Å². The standard InChI is InChI=1S/C26H28N2/c1-15(2)21-9-7-8-19-10-11-22-24(20-13-17(5)12-18(6)14-20)27-26(16(3)4)28-25(22)23(19)21/h7-16H,1-6H3. The number of aryl methyl sites for hydroxylation is 2. The largest absolute Gasteiger partial charge is 0.232 e. The highest BCUT2D eigenvalue weighted by Crippen LogP contribution is 2.36. The number of hydrogen-bond donors (Lipinski definition) is 0. The summed E-state index contributed by atoms with van der Waals surface area (Å²) < 4.78 is 0. The van der Waals surface area contributed by atoms with Crippen LogP contribution in [0.25, 0.3) is 32.9 Å². The molecule has 0 radical (unpaired) electrons. The molecule has 4 rings (SSSR count). The van der Waals surface area contributed by atoms with E-state index in [0.717, 1.165) is 22.4 Å². The van der Waals surface area contributed by atoms with Crippen molar-refractivity contribution in [1.29, 1.82) is 0 Å². The normalized spacial score (nSPS) is 11.9. The number of fused-ring (bicyclic) bond motifs is 3. The maximum absolute atomic E-state index is 5.07. The Balaban J connectivity index is 2.18. The zero-order valence-corrected chi connectivity index (χ0v) is 17.7. The topological polar surface area (TPSA) is 25.8 Å². The van der Waals surface area contributed by atoms with Crippen molar-refractivity contribution in [2.75, 3.05) is 0 Å². The predicted molar refractivity (Wildman–Crippen MR) is 120 cm³/mol. The van der Waals surface area contributed by atoms with Gasteiger partial charge in [-0.3, -0.25) is 0 Å². The van der Waals surface area contributed by atoms with E-state index in [0.29, 0.717) is 5.92 Å². The van der Waals surface area contributed by atoms with Crippen LogP contribution >= 0.6 is 0 Å². The Hall–Kier alpha value is -2.74. The average Bonchev–Trinajstić information content (AvgIpc) is 2.65. The summed E-state index contributed by atoms with van der Waals surface area (Å²) in [6.07, 6.45) is 0. The van der Waals surface area contributed by atoms with E-state index in [-0.39, 0.29) is 5.92 Å². The highest BCUT2D eigenvalue weighted by molar-refractivity contribution is 6.10. The van der Waals surface area contributed by atoms with Crippen LogP contribution in [-0.4, -0.2) is 9.97 Å². The maximum atomic E-state index is 5.07. The second-order valence-corrected chi connectivity index (χ2v) is 8.52. The molecule has 0 aliphatic heterocycles. The summed E-state index contributed by atoms with van der Waals surface area (Å²) in [5.41, 5.74) is 7.17. The second kappa shape index (κ2) is 7.01. The summed E-state index contributed by atoms with van der Waals surface area (Å²) in [5, 5.41) is 3.65. The van der Waals surface area contributed by atoms with Gasteiger partial charge in [0.25, 0.3) is 0 Å². The van der Waals surface area contributed by atoms with Gasteiger partial charge in [-0.2, -0.15) is 0 Å². The summed E-state index contributed by atoms with van der Waals surface area (Å²) in [4.78, 5) is 10.1. The van der Waals surface area contributed by atoms with Crippen molar-refractivity contribution in [2.45, 2.75) is 53.4 Å². The van der Waals surface area contributed by atoms with Crippen LogP contribution < -0.4 is 0 Å². The van der Waals surface area contributed by atoms with Crippen LogP contribution in [0.1, 0.15) is 62.0 Å². The van der Waals surface area contributed by atoms with Crippen molar-refractivity contribution in [1.82, 2.24) is 9.97 Å². The molecule has 0 spiro atoms. The molecular formula is C26H28N2. The van der Waals surface area contributed by atoms with Gasteiger partial charge in [0.05, 0.1) is 11.2 Å². The van der Waals surface area contributed by atoms with E-state index >= 15 is 0 Å². The molecule has 3 aromatic carbocycles. The van der Waals surface area contributed by atoms with E-state index in [4.69, 9.17) is 9.97 Å². The monoisotopic (exact) mass is 368 g/mol. The van der Waals surface area contributed by atoms with Gasteiger partial charge in [-0.25, -0.2) is 9.97 Å². The zero-order valence-electron chi connectivity index (χ0n) is 17.7. The molecule has 0 amide bonds. The first-order valence-corrected chi connectivity index (χ1v) is 10.2. The smallest absolute Gasteiger partial charge is 0.132 e. The van der Waals surface area contributed by atoms with Gasteiger partial charge in [-0.1, -0.05) is 69.2 Å². The quantitative estimate of drug-likeness (QED) is 0.354. The van der Waals surface area contributed by atoms with Gasteiger partial charge >= 0.3 is 0 Å². The van der Waals surface area contributed by atoms with Crippen LogP contribution in [0.5, 0.6) is 0 Å². The fourth-order valence-electron chi connectivity index (χ4n) is 4.08. The van der Waals surface area contributed by atoms with Gasteiger partial charge in [0.15, 0.2) is 0 Å². The molecule has 1 aromatic heterocycles. The molecule has 0 atom stereocenters. The minimum Gasteiger partial charge on any atom is -0.232 e. The number of rotatable bonds is 3. The van der Waals surface area contributed by atoms with E-state index in [1.807, 2.05) is 0 Å². The number of aromatic nitrogens is 2. The lowest BCUT2D eigenvalue weighted by molar-refractivity contribution is 0.785. The van der Waals surface area contributed by atoms with Gasteiger partial charge in [0, 0.05) is 22.3 Å². The molecule has 0 aliphatic carbocycles. The van der Waals surface area contributed by atoms with Crippen LogP contribution in [0.3, 0.4) is 0 Å². The minimum atomic E-state index is 0.274. The molecule has 2 nitrogen and oxygen atoms in total. The highest BCUT2D eigenvalue weighted by Gasteiger charge is 2.17. The van der Waals surface area contributed by atoms with Crippen LogP contribution in [-0.2, 0) is 0 Å². The van der Waals surface area contributed by atoms with E-state index in [1.165, 1.54) is 33.0 Å². The van der Waals surface area contributed by atoms with Gasteiger partial charge < -0.3 is 0 Å². The van der Waals surface area contributed by atoms with E-state index in [9.17, 15) is 0 Å². The Bertz CT molecular complexity index is 1170. The Morgan fingerprint density at radius 3 is 2.11 bits per heavy atom. The Kier molecular flexibility index (Phi) is 4.66. The molecular weight excluding hydrogens is 340 g/mol. The molecule has 1 heterocycles. The fourth-order valence-corrected chi connectivity index (χ4v) is 4.08. The number of hydrogen-bond acceptors (Lipinski definition) is 2. The first-order valence-electron chi connectivity index (χ1n) is 10.2. The second-order valence-electron chi connectivity index (χ2n) is 8.52. The molecule has 2 heteroatoms. The zero-order chi connectivity index (χ0) is 20.0. The minimum absolute atomic E-state index is 0.274. The molecule has 4 aromatic rings. The summed E-state index contributed by atoms with van der Waals surface area (Å²) in [6, 6.07) is 17.7. The lowest BCUT2D eigenvalue weighted by Crippen LogP contribution is -2.02. The highest BCUT2D eigenvalue weighted by atomic mass is 14.9. The first-order chi connectivity index (χ1) is 13.3. The molecule has 0 bridgehead atoms. The average molecular weight is 369 g/mol. The van der Waals surface area contributed by atoms with Crippen LogP contribution in [0, 0.1) is 13.8 Å². The number of nitrogens with zero attached hydrogens (tertiary/aromatic N) is 2. The van der Waals surface area contributed by atoms with Crippen molar-refractivity contribution >= 4 is 21.7 Å². The summed E-state index contributed by atoms with van der Waals surface area (Å²) in [5.74, 6) is 1.62. The third-order valence-electron chi connectivity index (χ3n) is 5.39. The third-order valence-corrected chi connectivity index (χ3v) is 5.39. The van der Waals surface area contributed by atoms with Crippen molar-refractivity contribution in [3.05, 3.63) is 71.0 Å². The van der Waals surface area contributed by atoms with Crippen molar-refractivity contribution in [2.24, 2.45) is 0 Å². The molecule has 0 aliphatic rings. The lowest BCUT2D eigenvalue weighted by Gasteiger charge is -2.16. The molecule has 0 saturated heterocycles. The maximum Gasteiger partial charge on any atom is 0.132 e. The molecule has 0 unspecified atom stereocenters. The number of benzene rings is 3. The van der Waals surface area contributed by atoms with Gasteiger partial charge in [-0.05, 0) is 48.9 Å². The van der Waals surface area contributed by atoms with E-state index in [2.05, 4.69) is 90.1 Å². The van der Waals surface area contributed by atoms with Crippen LogP contribution in [0.2, 0.25) is 0 Å². The molecule has 142 valence electrons. The first kappa shape index (κ1) is 18.6. The predicted octanol–water partition coefficient (Wildman–Crippen LogP) is 7.31. The summed E-state index contributed by atoms with van der Waals surface area (Å²) >= 11 is 0. The van der Waals surface area contributed by atoms with E-state index in [1.54, 1.807) is 0 Å². The van der Waals surface area contributed by atoms with Crippen molar-refractivity contribution in [3.63, 3.8) is 0 Å². The van der Waals surface area contributed by atoms with E-state index < -0.39 is 0 Å². The van der Waals surface area contributed by atoms with Crippen molar-refractivity contribution in [3.8, 4) is 11.3 Å². The summed E-state index contributed by atoms with van der Waals surface area (Å²) in [6.45, 7) is 13.1. The Labute approximate surface area is 167 Å². The Morgan fingerprint density at radius 2 is 1.46 bits per heavy atom. The third kappa shape index (κ3) is 3.17. The van der Waals surface area contributed by atoms with Crippen LogP contribution in [0.15, 0.2) is 48.5 Å². The SMILES string of the molecule is Cc1cc(C)cc(-c2nc(C(C)C)nc3c2ccc2cccc(C(C)C)c23)c1. The molecule has 0 N–H and O–H groups in total. The molecule has 0 fully saturated rings. The molecule has 0 saturated carbocycles. The van der Waals surface area contributed by atoms with Gasteiger partial charge in [0.1, 0.15) is 5.82 Å². The van der Waals surface area contributed by atoms with Gasteiger partial charge in [0.2, 0.25) is 0 Å².